The van der Waals surface area contributed by atoms with Gasteiger partial charge in [0, 0.05) is 40.5 Å². The van der Waals surface area contributed by atoms with Gasteiger partial charge in [0.05, 0.1) is 0 Å². The third-order valence-electron chi connectivity index (χ3n) is 2.88. The van der Waals surface area contributed by atoms with E-state index in [2.05, 4.69) is 35.7 Å². The first-order chi connectivity index (χ1) is 8.20. The van der Waals surface area contributed by atoms with Crippen LogP contribution in [0.5, 0.6) is 0 Å². The van der Waals surface area contributed by atoms with Gasteiger partial charge in [-0.05, 0) is 24.0 Å². The van der Waals surface area contributed by atoms with Gasteiger partial charge in [-0.15, -0.1) is 0 Å². The van der Waals surface area contributed by atoms with E-state index >= 15 is 0 Å². The second-order valence-corrected chi connectivity index (χ2v) is 5.89. The van der Waals surface area contributed by atoms with Gasteiger partial charge in [0.2, 0.25) is 0 Å². The van der Waals surface area contributed by atoms with Gasteiger partial charge in [0.15, 0.2) is 0 Å². The van der Waals surface area contributed by atoms with Crippen molar-refractivity contribution in [3.8, 4) is 0 Å². The van der Waals surface area contributed by atoms with Crippen LogP contribution < -0.4 is 5.32 Å². The lowest BCUT2D eigenvalue weighted by atomic mass is 10.2. The second-order valence-electron chi connectivity index (χ2n) is 4.18. The zero-order valence-corrected chi connectivity index (χ0v) is 11.7. The van der Waals surface area contributed by atoms with E-state index in [4.69, 9.17) is 11.6 Å². The first-order valence-electron chi connectivity index (χ1n) is 5.69. The Bertz CT molecular complexity index is 495. The van der Waals surface area contributed by atoms with Crippen LogP contribution in [0.2, 0.25) is 5.02 Å². The summed E-state index contributed by atoms with van der Waals surface area (Å²) in [7, 11) is 0. The van der Waals surface area contributed by atoms with Crippen molar-refractivity contribution in [3.63, 3.8) is 0 Å². The summed E-state index contributed by atoms with van der Waals surface area (Å²) in [5, 5.41) is 6.14. The highest BCUT2D eigenvalue weighted by molar-refractivity contribution is 7.99. The Labute approximate surface area is 111 Å². The van der Waals surface area contributed by atoms with E-state index in [1.165, 1.54) is 10.9 Å². The molecule has 0 aliphatic rings. The molecule has 92 valence electrons. The average Bonchev–Trinajstić information content (AvgIpc) is 2.71. The van der Waals surface area contributed by atoms with E-state index in [0.717, 1.165) is 23.6 Å². The topological polar surface area (TPSA) is 27.8 Å². The predicted molar refractivity (Wildman–Crippen MR) is 78.0 cm³/mol. The summed E-state index contributed by atoms with van der Waals surface area (Å²) in [4.78, 5) is 3.25. The molecule has 0 radical (unpaired) electrons. The third kappa shape index (κ3) is 3.18. The average molecular weight is 269 g/mol. The maximum absolute atomic E-state index is 5.95. The minimum atomic E-state index is 0.648. The fourth-order valence-electron chi connectivity index (χ4n) is 1.80. The number of hydrogen-bond acceptors (Lipinski definition) is 2. The first kappa shape index (κ1) is 12.8. The van der Waals surface area contributed by atoms with Gasteiger partial charge in [-0.2, -0.15) is 11.8 Å². The molecule has 1 aromatic heterocycles. The highest BCUT2D eigenvalue weighted by atomic mass is 35.5. The molecule has 0 aliphatic heterocycles. The molecule has 2 rings (SSSR count). The number of rotatable bonds is 5. The molecule has 2 N–H and O–H groups in total. The van der Waals surface area contributed by atoms with Crippen LogP contribution in [-0.2, 0) is 6.54 Å². The number of nitrogens with one attached hydrogen (secondary N) is 2. The first-order valence-corrected chi connectivity index (χ1v) is 7.36. The zero-order chi connectivity index (χ0) is 12.3. The molecular formula is C13H17ClN2S. The smallest absolute Gasteiger partial charge is 0.0472 e. The lowest BCUT2D eigenvalue weighted by molar-refractivity contribution is 0.687. The molecule has 0 saturated heterocycles. The van der Waals surface area contributed by atoms with Crippen LogP contribution in [0.15, 0.2) is 24.4 Å². The van der Waals surface area contributed by atoms with Gasteiger partial charge in [-0.1, -0.05) is 24.6 Å². The number of aromatic amines is 1. The van der Waals surface area contributed by atoms with Gasteiger partial charge in [0.1, 0.15) is 0 Å². The van der Waals surface area contributed by atoms with Crippen LogP contribution >= 0.6 is 23.4 Å². The Hall–Kier alpha value is -0.640. The van der Waals surface area contributed by atoms with Crippen molar-refractivity contribution < 1.29 is 0 Å². The van der Waals surface area contributed by atoms with Crippen LogP contribution in [0, 0.1) is 0 Å². The highest BCUT2D eigenvalue weighted by Crippen LogP contribution is 2.21. The van der Waals surface area contributed by atoms with E-state index in [9.17, 15) is 0 Å². The number of H-pyrrole nitrogens is 1. The lowest BCUT2D eigenvalue weighted by Crippen LogP contribution is -2.21. The third-order valence-corrected chi connectivity index (χ3v) is 4.09. The monoisotopic (exact) mass is 268 g/mol. The summed E-state index contributed by atoms with van der Waals surface area (Å²) in [5.41, 5.74) is 2.40. The number of hydrogen-bond donors (Lipinski definition) is 2. The Kier molecular flexibility index (Phi) is 4.37. The van der Waals surface area contributed by atoms with E-state index in [0.29, 0.717) is 5.25 Å². The summed E-state index contributed by atoms with van der Waals surface area (Å²) in [5.74, 6) is 0. The van der Waals surface area contributed by atoms with Crippen LogP contribution in [0.4, 0.5) is 0 Å². The van der Waals surface area contributed by atoms with Crippen molar-refractivity contribution in [1.29, 1.82) is 0 Å². The molecule has 17 heavy (non-hydrogen) atoms. The van der Waals surface area contributed by atoms with Gasteiger partial charge < -0.3 is 10.3 Å². The normalized spacial score (nSPS) is 13.1. The fraction of sp³-hybridized carbons (Fsp3) is 0.385. The van der Waals surface area contributed by atoms with Gasteiger partial charge in [-0.25, -0.2) is 0 Å². The van der Waals surface area contributed by atoms with Crippen molar-refractivity contribution in [1.82, 2.24) is 10.3 Å². The second kappa shape index (κ2) is 5.80. The molecule has 0 bridgehead atoms. The number of halogens is 1. The molecule has 0 fully saturated rings. The van der Waals surface area contributed by atoms with Gasteiger partial charge >= 0.3 is 0 Å². The van der Waals surface area contributed by atoms with E-state index < -0.39 is 0 Å². The predicted octanol–water partition coefficient (Wildman–Crippen LogP) is 3.66. The van der Waals surface area contributed by atoms with Crippen LogP contribution in [0.3, 0.4) is 0 Å². The molecule has 0 aliphatic carbocycles. The maximum Gasteiger partial charge on any atom is 0.0472 e. The highest BCUT2D eigenvalue weighted by Gasteiger charge is 2.04. The molecule has 1 atom stereocenters. The van der Waals surface area contributed by atoms with Crippen molar-refractivity contribution in [2.75, 3.05) is 12.8 Å². The summed E-state index contributed by atoms with van der Waals surface area (Å²) < 4.78 is 0. The number of aromatic nitrogens is 1. The summed E-state index contributed by atoms with van der Waals surface area (Å²) in [6.07, 6.45) is 4.19. The van der Waals surface area contributed by atoms with Crippen LogP contribution in [0.1, 0.15) is 12.5 Å². The van der Waals surface area contributed by atoms with E-state index in [1.54, 1.807) is 0 Å². The molecule has 2 nitrogen and oxygen atoms in total. The fourth-order valence-corrected chi connectivity index (χ4v) is 2.25. The lowest BCUT2D eigenvalue weighted by Gasteiger charge is -2.09. The Balaban J connectivity index is 2.04. The maximum atomic E-state index is 5.95. The quantitative estimate of drug-likeness (QED) is 0.866. The summed E-state index contributed by atoms with van der Waals surface area (Å²) in [6, 6.07) is 5.97. The minimum absolute atomic E-state index is 0.648. The van der Waals surface area contributed by atoms with Crippen LogP contribution in [-0.4, -0.2) is 23.0 Å². The SMILES string of the molecule is CSC(C)CNCc1c[nH]c2cc(Cl)ccc12. The molecule has 0 amide bonds. The van der Waals surface area contributed by atoms with Crippen molar-refractivity contribution in [2.24, 2.45) is 0 Å². The standard InChI is InChI=1S/C13H17ClN2S/c1-9(17-2)6-15-7-10-8-16-13-5-11(14)3-4-12(10)13/h3-5,8-9,15-16H,6-7H2,1-2H3. The van der Waals surface area contributed by atoms with Crippen molar-refractivity contribution >= 4 is 34.3 Å². The molecule has 0 spiro atoms. The van der Waals surface area contributed by atoms with E-state index in [-0.39, 0.29) is 0 Å². The molecule has 1 aromatic carbocycles. The summed E-state index contributed by atoms with van der Waals surface area (Å²) in [6.45, 7) is 4.15. The zero-order valence-electron chi connectivity index (χ0n) is 10.1. The minimum Gasteiger partial charge on any atom is -0.361 e. The molecule has 2 aromatic rings. The largest absolute Gasteiger partial charge is 0.361 e. The Morgan fingerprint density at radius 3 is 3.06 bits per heavy atom. The van der Waals surface area contributed by atoms with Crippen molar-refractivity contribution in [3.05, 3.63) is 35.0 Å². The number of benzene rings is 1. The molecule has 1 unspecified atom stereocenters. The Morgan fingerprint density at radius 1 is 1.47 bits per heavy atom. The molecule has 1 heterocycles. The van der Waals surface area contributed by atoms with Gasteiger partial charge in [0.25, 0.3) is 0 Å². The molecular weight excluding hydrogens is 252 g/mol. The molecule has 0 saturated carbocycles. The van der Waals surface area contributed by atoms with Crippen LogP contribution in [0.25, 0.3) is 10.9 Å². The number of thioether (sulfide) groups is 1. The van der Waals surface area contributed by atoms with Gasteiger partial charge in [-0.3, -0.25) is 0 Å². The molecule has 4 heteroatoms. The van der Waals surface area contributed by atoms with E-state index in [1.807, 2.05) is 23.9 Å². The number of fused-ring (bicyclic) bond motifs is 1. The summed E-state index contributed by atoms with van der Waals surface area (Å²) >= 11 is 7.83. The van der Waals surface area contributed by atoms with Crippen molar-refractivity contribution in [2.45, 2.75) is 18.7 Å². The Morgan fingerprint density at radius 2 is 2.29 bits per heavy atom.